The highest BCUT2D eigenvalue weighted by molar-refractivity contribution is 8.01. The summed E-state index contributed by atoms with van der Waals surface area (Å²) in [4.78, 5) is 38.4. The molecule has 0 aromatic heterocycles. The lowest BCUT2D eigenvalue weighted by Gasteiger charge is -2.25. The fraction of sp³-hybridized carbons (Fsp3) is 0.312. The summed E-state index contributed by atoms with van der Waals surface area (Å²) in [5.41, 5.74) is 3.16. The Morgan fingerprint density at radius 1 is 1.07 bits per heavy atom. The van der Waals surface area contributed by atoms with Gasteiger partial charge in [-0.3, -0.25) is 14.4 Å². The summed E-state index contributed by atoms with van der Waals surface area (Å²) >= 11 is 1.27. The Labute approximate surface area is 244 Å². The molecule has 1 aliphatic rings. The number of rotatable bonds is 11. The number of carbonyl (C=O) groups excluding carboxylic acids is 2. The van der Waals surface area contributed by atoms with Gasteiger partial charge >= 0.3 is 5.97 Å². The van der Waals surface area contributed by atoms with E-state index < -0.39 is 16.6 Å². The van der Waals surface area contributed by atoms with E-state index in [1.807, 2.05) is 93.6 Å². The van der Waals surface area contributed by atoms with Crippen molar-refractivity contribution in [2.24, 2.45) is 11.0 Å². The summed E-state index contributed by atoms with van der Waals surface area (Å²) in [5.74, 6) is -1.23. The molecular formula is C32H35N3O5S. The number of anilines is 1. The van der Waals surface area contributed by atoms with Crippen molar-refractivity contribution < 1.29 is 24.2 Å². The number of amides is 2. The van der Waals surface area contributed by atoms with Crippen molar-refractivity contribution in [2.75, 3.05) is 11.9 Å². The lowest BCUT2D eigenvalue weighted by Crippen LogP contribution is -2.36. The van der Waals surface area contributed by atoms with Gasteiger partial charge in [0.05, 0.1) is 12.5 Å². The van der Waals surface area contributed by atoms with Crippen LogP contribution in [0.15, 0.2) is 88.9 Å². The van der Waals surface area contributed by atoms with Crippen LogP contribution in [0.1, 0.15) is 56.7 Å². The number of carboxylic acids is 1. The summed E-state index contributed by atoms with van der Waals surface area (Å²) in [7, 11) is 0. The summed E-state index contributed by atoms with van der Waals surface area (Å²) in [6.07, 6.45) is 0.468. The number of benzene rings is 3. The maximum atomic E-state index is 13.4. The van der Waals surface area contributed by atoms with Crippen LogP contribution in [0.5, 0.6) is 0 Å². The van der Waals surface area contributed by atoms with Crippen LogP contribution in [-0.4, -0.2) is 45.2 Å². The van der Waals surface area contributed by atoms with Crippen LogP contribution < -0.4 is 5.32 Å². The highest BCUT2D eigenvalue weighted by atomic mass is 32.2. The predicted molar refractivity (Wildman–Crippen MR) is 161 cm³/mol. The number of hydrogen-bond donors (Lipinski definition) is 2. The molecular weight excluding hydrogens is 538 g/mol. The first-order chi connectivity index (χ1) is 19.6. The van der Waals surface area contributed by atoms with Gasteiger partial charge in [0.2, 0.25) is 11.8 Å². The van der Waals surface area contributed by atoms with Crippen LogP contribution in [0, 0.1) is 5.92 Å². The van der Waals surface area contributed by atoms with E-state index in [2.05, 4.69) is 10.4 Å². The Bertz CT molecular complexity index is 1420. The molecule has 9 heteroatoms. The molecule has 1 aliphatic heterocycles. The molecule has 0 bridgehead atoms. The second-order valence-corrected chi connectivity index (χ2v) is 12.1. The average molecular weight is 574 g/mol. The third-order valence-electron chi connectivity index (χ3n) is 7.04. The molecule has 214 valence electrons. The summed E-state index contributed by atoms with van der Waals surface area (Å²) in [6, 6.07) is 24.4. The normalized spacial score (nSPS) is 15.5. The van der Waals surface area contributed by atoms with E-state index in [1.54, 1.807) is 13.0 Å². The van der Waals surface area contributed by atoms with Gasteiger partial charge in [0.1, 0.15) is 4.75 Å². The minimum Gasteiger partial charge on any atom is -0.480 e. The molecule has 3 aromatic rings. The highest BCUT2D eigenvalue weighted by Crippen LogP contribution is 2.37. The highest BCUT2D eigenvalue weighted by Gasteiger charge is 2.32. The van der Waals surface area contributed by atoms with Gasteiger partial charge in [-0.15, -0.1) is 16.9 Å². The van der Waals surface area contributed by atoms with Crippen LogP contribution in [-0.2, 0) is 25.7 Å². The molecule has 0 fully saturated rings. The predicted octanol–water partition coefficient (Wildman–Crippen LogP) is 6.13. The molecule has 1 heterocycles. The number of nitrogens with zero attached hydrogens (tertiary/aromatic N) is 2. The van der Waals surface area contributed by atoms with E-state index in [1.165, 1.54) is 16.8 Å². The molecule has 2 N–H and O–H groups in total. The minimum absolute atomic E-state index is 0.0210. The number of aliphatic carboxylic acids is 1. The van der Waals surface area contributed by atoms with Crippen molar-refractivity contribution in [1.29, 1.82) is 0 Å². The molecule has 2 amide bonds. The number of carbonyl (C=O) groups is 3. The Kier molecular flexibility index (Phi) is 9.50. The third kappa shape index (κ3) is 7.35. The van der Waals surface area contributed by atoms with E-state index >= 15 is 0 Å². The lowest BCUT2D eigenvalue weighted by atomic mass is 9.87. The average Bonchev–Trinajstić information content (AvgIpc) is 2.95. The van der Waals surface area contributed by atoms with Gasteiger partial charge in [0.25, 0.3) is 5.91 Å². The van der Waals surface area contributed by atoms with E-state index in [-0.39, 0.29) is 30.9 Å². The molecule has 0 saturated carbocycles. The van der Waals surface area contributed by atoms with Gasteiger partial charge < -0.3 is 15.2 Å². The Morgan fingerprint density at radius 2 is 1.78 bits per heavy atom. The Morgan fingerprint density at radius 3 is 2.41 bits per heavy atom. The smallest absolute Gasteiger partial charge is 0.319 e. The molecule has 0 radical (unpaired) electrons. The number of hydrogen-bond acceptors (Lipinski definition) is 6. The second kappa shape index (κ2) is 13.0. The van der Waals surface area contributed by atoms with Gasteiger partial charge in [-0.2, -0.15) is 0 Å². The summed E-state index contributed by atoms with van der Waals surface area (Å²) < 4.78 is 4.58. The van der Waals surface area contributed by atoms with Crippen molar-refractivity contribution in [2.45, 2.75) is 56.2 Å². The molecule has 0 aliphatic carbocycles. The van der Waals surface area contributed by atoms with Crippen LogP contribution in [0.2, 0.25) is 0 Å². The van der Waals surface area contributed by atoms with Gasteiger partial charge in [-0.1, -0.05) is 69.3 Å². The van der Waals surface area contributed by atoms with E-state index in [0.29, 0.717) is 18.0 Å². The first kappa shape index (κ1) is 29.9. The van der Waals surface area contributed by atoms with E-state index in [9.17, 15) is 19.5 Å². The quantitative estimate of drug-likeness (QED) is 0.267. The molecule has 41 heavy (non-hydrogen) atoms. The van der Waals surface area contributed by atoms with Gasteiger partial charge in [-0.25, -0.2) is 5.01 Å². The minimum atomic E-state index is -0.953. The van der Waals surface area contributed by atoms with Crippen molar-refractivity contribution >= 4 is 41.1 Å². The Hall–Kier alpha value is -4.11. The SMILES string of the molecule is CCC(C)(Sc1cccc(NC(=O)C(c2ccc(CN3N=C(c4ccccc4)OCC3=O)cc2)C(C)C)c1)C(=O)O. The number of nitrogens with one attached hydrogen (secondary N) is 1. The standard InChI is InChI=1S/C32H35N3O5S/c1-5-32(4,31(38)39)41-26-13-9-12-25(18-26)33-29(37)28(21(2)3)23-16-14-22(15-17-23)19-35-27(36)20-40-30(34-35)24-10-7-6-8-11-24/h6-18,21,28H,5,19-20H2,1-4H3,(H,33,37)(H,38,39). The molecule has 2 atom stereocenters. The van der Waals surface area contributed by atoms with Crippen LogP contribution in [0.4, 0.5) is 5.69 Å². The van der Waals surface area contributed by atoms with E-state index in [4.69, 9.17) is 4.74 Å². The second-order valence-electron chi connectivity index (χ2n) is 10.5. The van der Waals surface area contributed by atoms with Gasteiger partial charge in [-0.05, 0) is 60.7 Å². The number of carboxylic acid groups (broad SMARTS) is 1. The molecule has 2 unspecified atom stereocenters. The molecule has 0 spiro atoms. The zero-order valence-electron chi connectivity index (χ0n) is 23.7. The fourth-order valence-corrected chi connectivity index (χ4v) is 5.56. The number of hydrazone groups is 1. The molecule has 0 saturated heterocycles. The van der Waals surface area contributed by atoms with Crippen LogP contribution in [0.25, 0.3) is 0 Å². The fourth-order valence-electron chi connectivity index (χ4n) is 4.47. The summed E-state index contributed by atoms with van der Waals surface area (Å²) in [6.45, 7) is 7.75. The van der Waals surface area contributed by atoms with Crippen molar-refractivity contribution in [3.8, 4) is 0 Å². The maximum absolute atomic E-state index is 13.4. The van der Waals surface area contributed by atoms with Crippen molar-refractivity contribution in [1.82, 2.24) is 5.01 Å². The molecule has 8 nitrogen and oxygen atoms in total. The van der Waals surface area contributed by atoms with Gasteiger partial charge in [0, 0.05) is 16.1 Å². The monoisotopic (exact) mass is 573 g/mol. The van der Waals surface area contributed by atoms with Crippen LogP contribution >= 0.6 is 11.8 Å². The largest absolute Gasteiger partial charge is 0.480 e. The Balaban J connectivity index is 1.46. The third-order valence-corrected chi connectivity index (χ3v) is 8.45. The number of thioether (sulfide) groups is 1. The maximum Gasteiger partial charge on any atom is 0.319 e. The van der Waals surface area contributed by atoms with Crippen LogP contribution in [0.3, 0.4) is 0 Å². The van der Waals surface area contributed by atoms with Gasteiger partial charge in [0.15, 0.2) is 6.61 Å². The van der Waals surface area contributed by atoms with Crippen molar-refractivity contribution in [3.05, 3.63) is 95.6 Å². The first-order valence-electron chi connectivity index (χ1n) is 13.6. The topological polar surface area (TPSA) is 108 Å². The van der Waals surface area contributed by atoms with Crippen molar-refractivity contribution in [3.63, 3.8) is 0 Å². The first-order valence-corrected chi connectivity index (χ1v) is 14.4. The number of ether oxygens (including phenoxy) is 1. The lowest BCUT2D eigenvalue weighted by molar-refractivity contribution is -0.139. The summed E-state index contributed by atoms with van der Waals surface area (Å²) in [5, 5.41) is 18.5. The zero-order valence-corrected chi connectivity index (χ0v) is 24.5. The van der Waals surface area contributed by atoms with E-state index in [0.717, 1.165) is 21.6 Å². The molecule has 4 rings (SSSR count). The zero-order chi connectivity index (χ0) is 29.6. The molecule has 3 aromatic carbocycles.